The zero-order valence-electron chi connectivity index (χ0n) is 15.3. The second-order valence-electron chi connectivity index (χ2n) is 5.96. The van der Waals surface area contributed by atoms with Crippen LogP contribution < -0.4 is 21.8 Å². The molecule has 28 heavy (non-hydrogen) atoms. The van der Waals surface area contributed by atoms with Crippen LogP contribution in [0.5, 0.6) is 0 Å². The first-order valence-electron chi connectivity index (χ1n) is 8.72. The molecule has 6 nitrogen and oxygen atoms in total. The summed E-state index contributed by atoms with van der Waals surface area (Å²) in [6, 6.07) is 10.4. The van der Waals surface area contributed by atoms with Crippen LogP contribution in [-0.4, -0.2) is 18.4 Å². The number of hydrogen-bond donors (Lipinski definition) is 4. The lowest BCUT2D eigenvalue weighted by molar-refractivity contribution is -0.136. The minimum absolute atomic E-state index is 0.297. The number of hydrazone groups is 1. The fourth-order valence-corrected chi connectivity index (χ4v) is 2.31. The van der Waals surface area contributed by atoms with Crippen LogP contribution in [0.25, 0.3) is 0 Å². The van der Waals surface area contributed by atoms with Gasteiger partial charge in [-0.2, -0.15) is 18.3 Å². The van der Waals surface area contributed by atoms with Crippen molar-refractivity contribution in [3.63, 3.8) is 0 Å². The number of anilines is 2. The molecule has 150 valence electrons. The third-order valence-electron chi connectivity index (χ3n) is 3.76. The molecule has 0 atom stereocenters. The molecule has 0 spiro atoms. The van der Waals surface area contributed by atoms with Crippen molar-refractivity contribution in [2.24, 2.45) is 10.8 Å². The van der Waals surface area contributed by atoms with E-state index >= 15 is 0 Å². The second-order valence-corrected chi connectivity index (χ2v) is 5.96. The van der Waals surface area contributed by atoms with Gasteiger partial charge in [-0.1, -0.05) is 25.5 Å². The van der Waals surface area contributed by atoms with E-state index in [1.807, 2.05) is 0 Å². The van der Waals surface area contributed by atoms with Crippen molar-refractivity contribution in [3.8, 4) is 0 Å². The van der Waals surface area contributed by atoms with Crippen molar-refractivity contribution < 1.29 is 18.0 Å². The van der Waals surface area contributed by atoms with Gasteiger partial charge >= 0.3 is 12.2 Å². The highest BCUT2D eigenvalue weighted by molar-refractivity contribution is 6.01. The van der Waals surface area contributed by atoms with Crippen molar-refractivity contribution in [3.05, 3.63) is 59.7 Å². The Bertz CT molecular complexity index is 819. The van der Waals surface area contributed by atoms with E-state index < -0.39 is 17.8 Å². The van der Waals surface area contributed by atoms with Crippen LogP contribution >= 0.6 is 0 Å². The van der Waals surface area contributed by atoms with Gasteiger partial charge in [-0.15, -0.1) is 0 Å². The van der Waals surface area contributed by atoms with E-state index in [2.05, 4.69) is 28.1 Å². The van der Waals surface area contributed by atoms with E-state index in [0.29, 0.717) is 17.1 Å². The Morgan fingerprint density at radius 1 is 1.07 bits per heavy atom. The van der Waals surface area contributed by atoms with Gasteiger partial charge in [0.05, 0.1) is 11.3 Å². The summed E-state index contributed by atoms with van der Waals surface area (Å²) < 4.78 is 38.9. The van der Waals surface area contributed by atoms with Crippen LogP contribution in [0.3, 0.4) is 0 Å². The summed E-state index contributed by atoms with van der Waals surface area (Å²) in [6.07, 6.45) is -2.54. The number of hydrogen-bond acceptors (Lipinski definition) is 3. The van der Waals surface area contributed by atoms with Gasteiger partial charge in [-0.3, -0.25) is 0 Å². The highest BCUT2D eigenvalue weighted by Gasteiger charge is 2.33. The van der Waals surface area contributed by atoms with Crippen LogP contribution in [-0.2, 0) is 6.18 Å². The van der Waals surface area contributed by atoms with Crippen LogP contribution in [0.15, 0.2) is 53.6 Å². The molecular weight excluding hydrogens is 371 g/mol. The smallest absolute Gasteiger partial charge is 0.382 e. The zero-order chi connectivity index (χ0) is 20.6. The third kappa shape index (κ3) is 6.19. The van der Waals surface area contributed by atoms with E-state index in [-0.39, 0.29) is 5.69 Å². The molecule has 2 aromatic rings. The summed E-state index contributed by atoms with van der Waals surface area (Å²) in [7, 11) is 0. The number of carbonyl (C=O) groups is 1. The molecule has 0 radical (unpaired) electrons. The fourth-order valence-electron chi connectivity index (χ4n) is 2.31. The highest BCUT2D eigenvalue weighted by atomic mass is 19.4. The minimum Gasteiger partial charge on any atom is -0.382 e. The maximum Gasteiger partial charge on any atom is 0.418 e. The summed E-state index contributed by atoms with van der Waals surface area (Å²) in [4.78, 5) is 12.0. The molecule has 0 aliphatic carbocycles. The average molecular weight is 393 g/mol. The lowest BCUT2D eigenvalue weighted by Gasteiger charge is -2.14. The molecule has 0 bridgehead atoms. The van der Waals surface area contributed by atoms with Gasteiger partial charge in [0, 0.05) is 17.8 Å². The average Bonchev–Trinajstić information content (AvgIpc) is 2.65. The van der Waals surface area contributed by atoms with E-state index in [1.165, 1.54) is 18.2 Å². The van der Waals surface area contributed by atoms with E-state index in [4.69, 9.17) is 5.73 Å². The molecule has 0 aliphatic rings. The van der Waals surface area contributed by atoms with Crippen molar-refractivity contribution >= 4 is 23.2 Å². The lowest BCUT2D eigenvalue weighted by atomic mass is 10.1. The largest absolute Gasteiger partial charge is 0.418 e. The number of alkyl halides is 3. The molecule has 0 saturated heterocycles. The molecule has 0 unspecified atom stereocenters. The fraction of sp³-hybridized carbons (Fsp3) is 0.263. The predicted octanol–water partition coefficient (Wildman–Crippen LogP) is 4.36. The van der Waals surface area contributed by atoms with Gasteiger partial charge in [0.2, 0.25) is 0 Å². The summed E-state index contributed by atoms with van der Waals surface area (Å²) >= 11 is 0. The van der Waals surface area contributed by atoms with Crippen LogP contribution in [0, 0.1) is 0 Å². The van der Waals surface area contributed by atoms with Crippen molar-refractivity contribution in [1.82, 2.24) is 5.43 Å². The number of rotatable bonds is 7. The predicted molar refractivity (Wildman–Crippen MR) is 104 cm³/mol. The maximum absolute atomic E-state index is 13.0. The number of nitrogens with zero attached hydrogens (tertiary/aromatic N) is 1. The molecule has 0 aromatic heterocycles. The Kier molecular flexibility index (Phi) is 7.25. The molecule has 5 N–H and O–H groups in total. The molecule has 9 heteroatoms. The molecule has 0 heterocycles. The normalized spacial score (nSPS) is 11.8. The molecule has 0 aliphatic heterocycles. The first-order chi connectivity index (χ1) is 13.3. The summed E-state index contributed by atoms with van der Waals surface area (Å²) in [5.74, 6) is 0.297. The van der Waals surface area contributed by atoms with Gasteiger partial charge in [0.1, 0.15) is 0 Å². The quantitative estimate of drug-likeness (QED) is 0.244. The number of nitrogens with one attached hydrogen (secondary N) is 3. The number of amidine groups is 1. The standard InChI is InChI=1S/C19H22F3N5O/c1-2-3-12-24-27-17(23)13-8-10-14(11-9-13)25-18(28)26-16-7-5-4-6-15(16)19(20,21)22/h4-11,24H,2-3,12H2,1H3,(H2,23,27)(H2,25,26,28). The van der Waals surface area contributed by atoms with E-state index in [9.17, 15) is 18.0 Å². The number of nitrogens with two attached hydrogens (primary N) is 1. The maximum atomic E-state index is 13.0. The molecule has 0 fully saturated rings. The van der Waals surface area contributed by atoms with Crippen LogP contribution in [0.1, 0.15) is 30.9 Å². The SMILES string of the molecule is CCCCN/N=C(\N)c1ccc(NC(=O)Nc2ccccc2C(F)(F)F)cc1. The van der Waals surface area contributed by atoms with Gasteiger partial charge in [0.15, 0.2) is 5.84 Å². The van der Waals surface area contributed by atoms with Gasteiger partial charge in [-0.05, 0) is 42.8 Å². The molecule has 2 rings (SSSR count). The number of unbranched alkanes of at least 4 members (excludes halogenated alkanes) is 1. The monoisotopic (exact) mass is 393 g/mol. The Hall–Kier alpha value is -3.23. The van der Waals surface area contributed by atoms with Gasteiger partial charge < -0.3 is 21.8 Å². The lowest BCUT2D eigenvalue weighted by Crippen LogP contribution is -2.22. The molecule has 0 saturated carbocycles. The van der Waals surface area contributed by atoms with Crippen molar-refractivity contribution in [2.75, 3.05) is 17.2 Å². The number of para-hydroxylation sites is 1. The number of benzene rings is 2. The molecular formula is C19H22F3N5O. The minimum atomic E-state index is -4.56. The van der Waals surface area contributed by atoms with Crippen molar-refractivity contribution in [2.45, 2.75) is 25.9 Å². The van der Waals surface area contributed by atoms with E-state index in [1.54, 1.807) is 24.3 Å². The zero-order valence-corrected chi connectivity index (χ0v) is 15.3. The molecule has 2 amide bonds. The van der Waals surface area contributed by atoms with Crippen LogP contribution in [0.4, 0.5) is 29.3 Å². The first-order valence-corrected chi connectivity index (χ1v) is 8.72. The number of urea groups is 1. The topological polar surface area (TPSA) is 91.5 Å². The Labute approximate surface area is 161 Å². The number of amides is 2. The Morgan fingerprint density at radius 2 is 1.75 bits per heavy atom. The molecule has 2 aromatic carbocycles. The Balaban J connectivity index is 1.98. The van der Waals surface area contributed by atoms with Gasteiger partial charge in [-0.25, -0.2) is 4.79 Å². The van der Waals surface area contributed by atoms with Crippen molar-refractivity contribution in [1.29, 1.82) is 0 Å². The van der Waals surface area contributed by atoms with Crippen LogP contribution in [0.2, 0.25) is 0 Å². The summed E-state index contributed by atoms with van der Waals surface area (Å²) in [5.41, 5.74) is 8.55. The van der Waals surface area contributed by atoms with E-state index in [0.717, 1.165) is 25.5 Å². The highest BCUT2D eigenvalue weighted by Crippen LogP contribution is 2.34. The first kappa shape index (κ1) is 21.1. The number of carbonyl (C=O) groups excluding carboxylic acids is 1. The third-order valence-corrected chi connectivity index (χ3v) is 3.76. The second kappa shape index (κ2) is 9.63. The number of halogens is 3. The summed E-state index contributed by atoms with van der Waals surface area (Å²) in [5, 5.41) is 8.74. The summed E-state index contributed by atoms with van der Waals surface area (Å²) in [6.45, 7) is 2.79. The van der Waals surface area contributed by atoms with Gasteiger partial charge in [0.25, 0.3) is 0 Å². The Morgan fingerprint density at radius 3 is 2.39 bits per heavy atom.